The minimum absolute atomic E-state index is 0.0238. The van der Waals surface area contributed by atoms with Gasteiger partial charge in [0.2, 0.25) is 0 Å². The molecule has 1 aromatic carbocycles. The highest BCUT2D eigenvalue weighted by atomic mass is 32.5. The molecule has 0 N–H and O–H groups in total. The van der Waals surface area contributed by atoms with Crippen LogP contribution in [0.15, 0.2) is 29.2 Å². The summed E-state index contributed by atoms with van der Waals surface area (Å²) in [5.74, 6) is -0.689. The number of rotatable bonds is 2. The van der Waals surface area contributed by atoms with Gasteiger partial charge in [-0.15, -0.1) is 0 Å². The summed E-state index contributed by atoms with van der Waals surface area (Å²) in [7, 11) is -9.53. The van der Waals surface area contributed by atoms with Crippen LogP contribution >= 0.6 is 22.0 Å². The Hall–Kier alpha value is -0.690. The highest BCUT2D eigenvalue weighted by molar-refractivity contribution is 8.49. The summed E-state index contributed by atoms with van der Waals surface area (Å²) < 4.78 is 64.3. The molecule has 0 radical (unpaired) electrons. The fraction of sp³-hybridized carbons (Fsp3) is 0.273. The fourth-order valence-corrected chi connectivity index (χ4v) is 4.65. The Morgan fingerprint density at radius 3 is 2.00 bits per heavy atom. The van der Waals surface area contributed by atoms with Gasteiger partial charge in [0.25, 0.3) is 0 Å². The van der Waals surface area contributed by atoms with Crippen molar-refractivity contribution in [3.63, 3.8) is 0 Å². The highest BCUT2D eigenvalue weighted by Gasteiger charge is 2.68. The lowest BCUT2D eigenvalue weighted by Crippen LogP contribution is -2.11. The van der Waals surface area contributed by atoms with Crippen molar-refractivity contribution in [3.8, 4) is 0 Å². The smallest absolute Gasteiger partial charge is 0.151 e. The predicted molar refractivity (Wildman–Crippen MR) is 68.6 cm³/mol. The molecule has 18 heavy (non-hydrogen) atoms. The minimum atomic E-state index is -9.53. The molecule has 1 aromatic rings. The molecule has 0 bridgehead atoms. The average molecular weight is 302 g/mol. The summed E-state index contributed by atoms with van der Waals surface area (Å²) >= 11 is 0.869. The van der Waals surface area contributed by atoms with Gasteiger partial charge in [-0.25, -0.2) is 0 Å². The lowest BCUT2D eigenvalue weighted by atomic mass is 10.1. The summed E-state index contributed by atoms with van der Waals surface area (Å²) in [6, 6.07) is 6.16. The van der Waals surface area contributed by atoms with Crippen molar-refractivity contribution in [1.82, 2.24) is 0 Å². The maximum Gasteiger partial charge on any atom is 0.308 e. The zero-order valence-corrected chi connectivity index (χ0v) is 11.1. The maximum absolute atomic E-state index is 12.9. The second kappa shape index (κ2) is 3.45. The van der Waals surface area contributed by atoms with Gasteiger partial charge in [0, 0.05) is 11.5 Å². The average Bonchev–Trinajstić information content (AvgIpc) is 2.65. The van der Waals surface area contributed by atoms with Crippen molar-refractivity contribution < 1.29 is 19.4 Å². The number of benzene rings is 1. The third-order valence-electron chi connectivity index (χ3n) is 2.68. The molecule has 1 aliphatic heterocycles. The Morgan fingerprint density at radius 2 is 1.50 bits per heavy atom. The van der Waals surface area contributed by atoms with Crippen LogP contribution in [0.5, 0.6) is 0 Å². The SMILES string of the molecule is Cc1ccc(C2=C(S(F)(F)(F)(F)F)CSC2)cc1. The summed E-state index contributed by atoms with van der Waals surface area (Å²) in [5.41, 5.74) is 0.826. The van der Waals surface area contributed by atoms with E-state index in [9.17, 15) is 19.4 Å². The molecule has 0 fully saturated rings. The molecule has 0 saturated carbocycles. The van der Waals surface area contributed by atoms with Crippen LogP contribution in [0.1, 0.15) is 11.1 Å². The monoisotopic (exact) mass is 302 g/mol. The third-order valence-corrected chi connectivity index (χ3v) is 5.17. The second-order valence-electron chi connectivity index (χ2n) is 4.23. The maximum atomic E-state index is 12.9. The highest BCUT2D eigenvalue weighted by Crippen LogP contribution is 3.03. The summed E-state index contributed by atoms with van der Waals surface area (Å²) in [6.45, 7) is 1.78. The standard InChI is InChI=1S/C11H11F5S2/c1-8-2-4-9(5-3-8)10-6-17-7-11(10)18(12,13,14,15)16/h2-5H,6-7H2,1H3. The van der Waals surface area contributed by atoms with Gasteiger partial charge in [-0.2, -0.15) is 11.8 Å². The first-order valence-electron chi connectivity index (χ1n) is 5.08. The number of thioether (sulfide) groups is 1. The summed E-state index contributed by atoms with van der Waals surface area (Å²) in [6.07, 6.45) is 0. The quantitative estimate of drug-likeness (QED) is 0.627. The van der Waals surface area contributed by atoms with E-state index in [0.717, 1.165) is 17.3 Å². The number of aryl methyl sites for hydroxylation is 1. The van der Waals surface area contributed by atoms with Crippen LogP contribution in [0.2, 0.25) is 0 Å². The van der Waals surface area contributed by atoms with E-state index in [1.165, 1.54) is 12.1 Å². The van der Waals surface area contributed by atoms with Crippen LogP contribution in [0, 0.1) is 6.92 Å². The molecule has 2 rings (SSSR count). The molecule has 0 atom stereocenters. The van der Waals surface area contributed by atoms with Crippen LogP contribution in [-0.2, 0) is 0 Å². The Kier molecular flexibility index (Phi) is 2.63. The topological polar surface area (TPSA) is 0 Å². The van der Waals surface area contributed by atoms with E-state index in [1.54, 1.807) is 19.1 Å². The van der Waals surface area contributed by atoms with E-state index in [-0.39, 0.29) is 16.9 Å². The number of hydrogen-bond acceptors (Lipinski definition) is 1. The number of halogens is 5. The molecule has 0 unspecified atom stereocenters. The Bertz CT molecular complexity index is 512. The van der Waals surface area contributed by atoms with Gasteiger partial charge in [0.15, 0.2) is 0 Å². The van der Waals surface area contributed by atoms with Crippen LogP contribution < -0.4 is 0 Å². The van der Waals surface area contributed by atoms with Gasteiger partial charge in [-0.1, -0.05) is 49.3 Å². The van der Waals surface area contributed by atoms with Crippen LogP contribution in [0.3, 0.4) is 0 Å². The van der Waals surface area contributed by atoms with Crippen molar-refractivity contribution >= 4 is 27.6 Å². The van der Waals surface area contributed by atoms with Crippen molar-refractivity contribution in [2.75, 3.05) is 11.5 Å². The molecule has 1 aliphatic rings. The zero-order valence-electron chi connectivity index (χ0n) is 9.43. The fourth-order valence-electron chi connectivity index (χ4n) is 1.76. The Labute approximate surface area is 106 Å². The molecule has 0 saturated heterocycles. The van der Waals surface area contributed by atoms with Crippen molar-refractivity contribution in [2.45, 2.75) is 6.92 Å². The second-order valence-corrected chi connectivity index (χ2v) is 7.65. The molecule has 0 spiro atoms. The van der Waals surface area contributed by atoms with Gasteiger partial charge in [-0.3, -0.25) is 0 Å². The Morgan fingerprint density at radius 1 is 0.944 bits per heavy atom. The Balaban J connectivity index is 2.59. The molecular formula is C11H11F5S2. The van der Waals surface area contributed by atoms with Crippen molar-refractivity contribution in [3.05, 3.63) is 40.3 Å². The van der Waals surface area contributed by atoms with Gasteiger partial charge in [0.05, 0.1) is 4.91 Å². The van der Waals surface area contributed by atoms with E-state index in [2.05, 4.69) is 0 Å². The molecule has 0 aliphatic carbocycles. The zero-order chi connectivity index (χ0) is 13.7. The van der Waals surface area contributed by atoms with Crippen LogP contribution in [-0.4, -0.2) is 11.5 Å². The minimum Gasteiger partial charge on any atom is -0.151 e. The van der Waals surface area contributed by atoms with E-state index in [4.69, 9.17) is 0 Å². The van der Waals surface area contributed by atoms with E-state index >= 15 is 0 Å². The van der Waals surface area contributed by atoms with Gasteiger partial charge >= 0.3 is 10.2 Å². The summed E-state index contributed by atoms with van der Waals surface area (Å²) in [5, 5.41) is 0. The van der Waals surface area contributed by atoms with Crippen molar-refractivity contribution in [1.29, 1.82) is 0 Å². The van der Waals surface area contributed by atoms with Crippen LogP contribution in [0.25, 0.3) is 5.57 Å². The molecule has 0 aromatic heterocycles. The van der Waals surface area contributed by atoms with E-state index in [0.29, 0.717) is 0 Å². The van der Waals surface area contributed by atoms with E-state index in [1.807, 2.05) is 0 Å². The molecule has 7 heteroatoms. The predicted octanol–water partition coefficient (Wildman–Crippen LogP) is 5.75. The lowest BCUT2D eigenvalue weighted by Gasteiger charge is -2.42. The van der Waals surface area contributed by atoms with Crippen molar-refractivity contribution in [2.24, 2.45) is 0 Å². The van der Waals surface area contributed by atoms with E-state index < -0.39 is 20.9 Å². The molecule has 102 valence electrons. The molecule has 0 nitrogen and oxygen atoms in total. The number of hydrogen-bond donors (Lipinski definition) is 0. The normalized spacial score (nSPS) is 20.8. The summed E-state index contributed by atoms with van der Waals surface area (Å²) in [4.78, 5) is -1.62. The first kappa shape index (κ1) is 13.7. The van der Waals surface area contributed by atoms with Gasteiger partial charge in [0.1, 0.15) is 0 Å². The largest absolute Gasteiger partial charge is 0.308 e. The van der Waals surface area contributed by atoms with Crippen LogP contribution in [0.4, 0.5) is 19.4 Å². The molecular weight excluding hydrogens is 291 g/mol. The first-order chi connectivity index (χ1) is 7.97. The van der Waals surface area contributed by atoms with Gasteiger partial charge < -0.3 is 0 Å². The first-order valence-corrected chi connectivity index (χ1v) is 8.19. The molecule has 0 amide bonds. The van der Waals surface area contributed by atoms with Gasteiger partial charge in [-0.05, 0) is 18.1 Å². The molecule has 1 heterocycles. The third kappa shape index (κ3) is 2.83. The lowest BCUT2D eigenvalue weighted by molar-refractivity contribution is 0.379.